The molecule has 0 radical (unpaired) electrons. The van der Waals surface area contributed by atoms with Crippen LogP contribution in [0.25, 0.3) is 22.3 Å². The van der Waals surface area contributed by atoms with Crippen LogP contribution in [0.2, 0.25) is 0 Å². The van der Waals surface area contributed by atoms with E-state index in [4.69, 9.17) is 10.1 Å². The Kier molecular flexibility index (Phi) is 11.7. The van der Waals surface area contributed by atoms with Gasteiger partial charge < -0.3 is 20.5 Å². The second-order valence-electron chi connectivity index (χ2n) is 15.2. The maximum atomic E-state index is 13.0. The molecular formula is C42H48N12O3S. The topological polar surface area (TPSA) is 180 Å². The van der Waals surface area contributed by atoms with Crippen molar-refractivity contribution in [2.45, 2.75) is 50.5 Å². The van der Waals surface area contributed by atoms with Crippen LogP contribution in [-0.4, -0.2) is 110 Å². The first kappa shape index (κ1) is 39.1. The summed E-state index contributed by atoms with van der Waals surface area (Å²) in [4.78, 5) is 54.3. The number of amides is 3. The van der Waals surface area contributed by atoms with Gasteiger partial charge in [-0.3, -0.25) is 29.3 Å². The van der Waals surface area contributed by atoms with Crippen molar-refractivity contribution >= 4 is 58.0 Å². The van der Waals surface area contributed by atoms with Crippen molar-refractivity contribution in [1.82, 2.24) is 44.6 Å². The van der Waals surface area contributed by atoms with E-state index in [2.05, 4.69) is 65.1 Å². The molecule has 4 N–H and O–H groups in total. The number of nitrogens with one attached hydrogen (secondary N) is 4. The molecule has 300 valence electrons. The van der Waals surface area contributed by atoms with Gasteiger partial charge >= 0.3 is 0 Å². The lowest BCUT2D eigenvalue weighted by Gasteiger charge is -2.48. The van der Waals surface area contributed by atoms with Crippen LogP contribution in [0, 0.1) is 11.3 Å². The average Bonchev–Trinajstić information content (AvgIpc) is 3.91. The maximum absolute atomic E-state index is 13.0. The highest BCUT2D eigenvalue weighted by atomic mass is 32.2. The Morgan fingerprint density at radius 3 is 2.55 bits per heavy atom. The molecule has 3 aliphatic rings. The van der Waals surface area contributed by atoms with Crippen LogP contribution in [0.15, 0.2) is 73.2 Å². The van der Waals surface area contributed by atoms with Gasteiger partial charge in [-0.25, -0.2) is 9.29 Å². The molecule has 0 saturated carbocycles. The number of imide groups is 1. The summed E-state index contributed by atoms with van der Waals surface area (Å²) in [7, 11) is 0. The molecule has 8 rings (SSSR count). The quantitative estimate of drug-likeness (QED) is 0.0633. The Morgan fingerprint density at radius 2 is 1.81 bits per heavy atom. The number of hydrogen-bond acceptors (Lipinski definition) is 12. The Labute approximate surface area is 341 Å². The van der Waals surface area contributed by atoms with E-state index in [0.717, 1.165) is 98.0 Å². The number of nitrogens with zero attached hydrogens (tertiary/aromatic N) is 8. The van der Waals surface area contributed by atoms with Crippen LogP contribution < -0.4 is 20.9 Å². The van der Waals surface area contributed by atoms with Crippen molar-refractivity contribution in [3.8, 4) is 17.3 Å². The molecule has 3 saturated heterocycles. The average molecular weight is 801 g/mol. The SMILES string of the molecule is CCSN1CC(CC#N)(n2cc(-c3nc(Nc4ccc(C(=O)NCCCCN5CCN(c6ccc(C7CCC(=O)NC7=O)cc6)CC5)cc4)nc4[nH]ccc34)cn2)C1. The number of piperazine rings is 1. The normalized spacial score (nSPS) is 18.4. The molecule has 5 aromatic rings. The van der Waals surface area contributed by atoms with Gasteiger partial charge in [0.25, 0.3) is 5.91 Å². The van der Waals surface area contributed by atoms with Gasteiger partial charge in [0, 0.05) is 98.3 Å². The zero-order chi connectivity index (χ0) is 40.1. The van der Waals surface area contributed by atoms with Gasteiger partial charge in [-0.05, 0) is 73.8 Å². The first-order valence-electron chi connectivity index (χ1n) is 20.0. The number of rotatable bonds is 15. The summed E-state index contributed by atoms with van der Waals surface area (Å²) in [6, 6.07) is 19.8. The Morgan fingerprint density at radius 1 is 1.02 bits per heavy atom. The number of nitriles is 1. The van der Waals surface area contributed by atoms with E-state index in [9.17, 15) is 19.6 Å². The minimum atomic E-state index is -0.355. The van der Waals surface area contributed by atoms with Crippen LogP contribution in [0.5, 0.6) is 0 Å². The summed E-state index contributed by atoms with van der Waals surface area (Å²) < 4.78 is 4.20. The molecule has 16 heteroatoms. The number of hydrogen-bond donors (Lipinski definition) is 4. The fourth-order valence-corrected chi connectivity index (χ4v) is 9.08. The third-order valence-corrected chi connectivity index (χ3v) is 12.2. The smallest absolute Gasteiger partial charge is 0.251 e. The lowest BCUT2D eigenvalue weighted by molar-refractivity contribution is -0.134. The van der Waals surface area contributed by atoms with Gasteiger partial charge in [0.15, 0.2) is 0 Å². The van der Waals surface area contributed by atoms with E-state index in [1.54, 1.807) is 30.3 Å². The van der Waals surface area contributed by atoms with Crippen LogP contribution in [-0.2, 0) is 15.1 Å². The molecule has 0 aliphatic carbocycles. The Balaban J connectivity index is 0.783. The first-order valence-corrected chi connectivity index (χ1v) is 21.0. The molecule has 0 spiro atoms. The number of carbonyl (C=O) groups excluding carboxylic acids is 3. The molecular weight excluding hydrogens is 753 g/mol. The Hall–Kier alpha value is -5.76. The highest BCUT2D eigenvalue weighted by Gasteiger charge is 2.45. The molecule has 1 unspecified atom stereocenters. The minimum absolute atomic E-state index is 0.107. The molecule has 2 aromatic carbocycles. The lowest BCUT2D eigenvalue weighted by atomic mass is 9.89. The third-order valence-electron chi connectivity index (χ3n) is 11.3. The van der Waals surface area contributed by atoms with E-state index in [1.165, 1.54) is 0 Å². The molecule has 0 bridgehead atoms. The second kappa shape index (κ2) is 17.4. The summed E-state index contributed by atoms with van der Waals surface area (Å²) in [5.74, 6) is 0.639. The van der Waals surface area contributed by atoms with Crippen LogP contribution >= 0.6 is 11.9 Å². The van der Waals surface area contributed by atoms with Crippen molar-refractivity contribution in [3.05, 3.63) is 84.3 Å². The lowest BCUT2D eigenvalue weighted by Crippen LogP contribution is -2.60. The molecule has 3 amide bonds. The van der Waals surface area contributed by atoms with Crippen LogP contribution in [0.4, 0.5) is 17.3 Å². The largest absolute Gasteiger partial charge is 0.369 e. The van der Waals surface area contributed by atoms with Gasteiger partial charge in [0.1, 0.15) is 11.2 Å². The van der Waals surface area contributed by atoms with Gasteiger partial charge in [0.05, 0.1) is 30.3 Å². The van der Waals surface area contributed by atoms with Gasteiger partial charge in [-0.1, -0.05) is 31.0 Å². The summed E-state index contributed by atoms with van der Waals surface area (Å²) in [6.07, 6.45) is 8.83. The van der Waals surface area contributed by atoms with E-state index >= 15 is 0 Å². The van der Waals surface area contributed by atoms with Crippen molar-refractivity contribution in [3.63, 3.8) is 0 Å². The molecule has 3 aromatic heterocycles. The summed E-state index contributed by atoms with van der Waals surface area (Å²) in [6.45, 7) is 9.05. The van der Waals surface area contributed by atoms with E-state index in [-0.39, 0.29) is 29.2 Å². The fourth-order valence-electron chi connectivity index (χ4n) is 8.05. The predicted molar refractivity (Wildman–Crippen MR) is 225 cm³/mol. The number of H-pyrrole nitrogens is 1. The zero-order valence-electron chi connectivity index (χ0n) is 32.6. The molecule has 6 heterocycles. The van der Waals surface area contributed by atoms with Crippen LogP contribution in [0.1, 0.15) is 60.9 Å². The highest BCUT2D eigenvalue weighted by Crippen LogP contribution is 2.38. The van der Waals surface area contributed by atoms with Crippen molar-refractivity contribution < 1.29 is 14.4 Å². The number of fused-ring (bicyclic) bond motifs is 1. The van der Waals surface area contributed by atoms with Gasteiger partial charge in [-0.2, -0.15) is 15.3 Å². The minimum Gasteiger partial charge on any atom is -0.369 e. The maximum Gasteiger partial charge on any atom is 0.251 e. The number of piperidine rings is 1. The monoisotopic (exact) mass is 800 g/mol. The molecule has 3 aliphatic heterocycles. The number of anilines is 3. The predicted octanol–water partition coefficient (Wildman–Crippen LogP) is 5.01. The number of unbranched alkanes of at least 4 members (excludes halogenated alkanes) is 1. The summed E-state index contributed by atoms with van der Waals surface area (Å²) in [5, 5.41) is 24.0. The highest BCUT2D eigenvalue weighted by molar-refractivity contribution is 7.97. The number of aromatic amines is 1. The first-order chi connectivity index (χ1) is 28.3. The number of aromatic nitrogens is 5. The van der Waals surface area contributed by atoms with Crippen molar-refractivity contribution in [2.75, 3.05) is 68.3 Å². The Bertz CT molecular complexity index is 2290. The molecule has 3 fully saturated rings. The van der Waals surface area contributed by atoms with Gasteiger partial charge in [0.2, 0.25) is 17.8 Å². The fraction of sp³-hybridized carbons (Fsp3) is 0.405. The second-order valence-corrected chi connectivity index (χ2v) is 16.5. The van der Waals surface area contributed by atoms with E-state index in [0.29, 0.717) is 43.0 Å². The van der Waals surface area contributed by atoms with Crippen molar-refractivity contribution in [1.29, 1.82) is 5.26 Å². The van der Waals surface area contributed by atoms with Crippen molar-refractivity contribution in [2.24, 2.45) is 0 Å². The standard InChI is InChI=1S/C42H48N12O3S/c1-2-58-53-27-42(28-53,16-17-43)54-26-31(25-46-54)37-35-15-19-44-38(35)50-41(49-37)47-32-9-5-30(6-10-32)39(56)45-18-3-4-20-51-21-23-52(24-22-51)33-11-7-29(8-12-33)34-13-14-36(55)48-40(34)57/h5-12,15,19,25-26,34H,2-4,13-14,16,18,20-24,27-28H2,1H3,(H,45,56)(H,48,55,57)(H2,44,47,49,50). The molecule has 1 atom stereocenters. The summed E-state index contributed by atoms with van der Waals surface area (Å²) in [5.41, 5.74) is 5.35. The van der Waals surface area contributed by atoms with Crippen LogP contribution in [0.3, 0.4) is 0 Å². The molecule has 15 nitrogen and oxygen atoms in total. The molecule has 58 heavy (non-hydrogen) atoms. The zero-order valence-corrected chi connectivity index (χ0v) is 33.4. The van der Waals surface area contributed by atoms with E-state index < -0.39 is 0 Å². The van der Waals surface area contributed by atoms with E-state index in [1.807, 2.05) is 47.4 Å². The third kappa shape index (κ3) is 8.57. The summed E-state index contributed by atoms with van der Waals surface area (Å²) >= 11 is 1.78. The number of benzene rings is 2. The number of carbonyl (C=O) groups is 3. The van der Waals surface area contributed by atoms with Gasteiger partial charge in [-0.15, -0.1) is 0 Å².